The van der Waals surface area contributed by atoms with E-state index in [2.05, 4.69) is 19.9 Å². The molecule has 202 valence electrons. The molecule has 1 aliphatic heterocycles. The molecule has 0 radical (unpaired) electrons. The third-order valence-electron chi connectivity index (χ3n) is 7.36. The van der Waals surface area contributed by atoms with E-state index in [0.717, 1.165) is 42.7 Å². The molecule has 0 bridgehead atoms. The molecule has 2 N–H and O–H groups in total. The minimum Gasteiger partial charge on any atom is -0.493 e. The van der Waals surface area contributed by atoms with Crippen LogP contribution in [-0.4, -0.2) is 40.8 Å². The highest BCUT2D eigenvalue weighted by molar-refractivity contribution is 5.65. The largest absolute Gasteiger partial charge is 0.493 e. The fourth-order valence-electron chi connectivity index (χ4n) is 5.47. The first-order chi connectivity index (χ1) is 17.9. The summed E-state index contributed by atoms with van der Waals surface area (Å²) >= 11 is 0. The zero-order valence-electron chi connectivity index (χ0n) is 22.8. The minimum absolute atomic E-state index is 0.0847. The van der Waals surface area contributed by atoms with Crippen LogP contribution in [0.5, 0.6) is 34.5 Å². The van der Waals surface area contributed by atoms with E-state index in [9.17, 15) is 5.26 Å². The molecule has 2 aromatic carbocycles. The molecule has 2 unspecified atom stereocenters. The van der Waals surface area contributed by atoms with Gasteiger partial charge in [-0.2, -0.15) is 5.26 Å². The minimum atomic E-state index is -0.835. The first-order valence-electron chi connectivity index (χ1n) is 12.9. The van der Waals surface area contributed by atoms with Gasteiger partial charge in [-0.25, -0.2) is 0 Å². The number of rotatable bonds is 14. The van der Waals surface area contributed by atoms with E-state index in [1.807, 2.05) is 30.3 Å². The van der Waals surface area contributed by atoms with Crippen LogP contribution < -0.4 is 34.2 Å². The Bertz CT molecular complexity index is 1060. The number of nitrogens with two attached hydrogens (primary N) is 1. The summed E-state index contributed by atoms with van der Waals surface area (Å²) in [6.45, 7) is 4.23. The van der Waals surface area contributed by atoms with Crippen molar-refractivity contribution in [1.29, 1.82) is 5.26 Å². The normalized spacial score (nSPS) is 15.1. The summed E-state index contributed by atoms with van der Waals surface area (Å²) in [6, 6.07) is 12.0. The number of hydrogen-bond acceptors (Lipinski definition) is 8. The highest BCUT2D eigenvalue weighted by Crippen LogP contribution is 2.53. The highest BCUT2D eigenvalue weighted by Gasteiger charge is 2.43. The van der Waals surface area contributed by atoms with Crippen molar-refractivity contribution in [3.63, 3.8) is 0 Å². The Morgan fingerprint density at radius 1 is 0.946 bits per heavy atom. The van der Waals surface area contributed by atoms with Crippen LogP contribution in [0.1, 0.15) is 57.9 Å². The molecule has 1 aliphatic rings. The van der Waals surface area contributed by atoms with Gasteiger partial charge in [0.1, 0.15) is 0 Å². The predicted octanol–water partition coefficient (Wildman–Crippen LogP) is 5.60. The fraction of sp³-hybridized carbons (Fsp3) is 0.552. The number of ether oxygens (including phenoxy) is 6. The van der Waals surface area contributed by atoms with E-state index in [4.69, 9.17) is 34.2 Å². The number of methoxy groups -OCH3 is 4. The molecule has 2 aromatic rings. The molecule has 0 saturated heterocycles. The van der Waals surface area contributed by atoms with Crippen molar-refractivity contribution < 1.29 is 28.4 Å². The Morgan fingerprint density at radius 2 is 1.54 bits per heavy atom. The van der Waals surface area contributed by atoms with Crippen molar-refractivity contribution in [1.82, 2.24) is 0 Å². The van der Waals surface area contributed by atoms with Crippen LogP contribution in [0.15, 0.2) is 30.3 Å². The molecular weight excluding hydrogens is 472 g/mol. The molecule has 0 saturated carbocycles. The van der Waals surface area contributed by atoms with Crippen molar-refractivity contribution in [2.45, 2.75) is 70.1 Å². The molecule has 0 aliphatic carbocycles. The molecule has 0 aromatic heterocycles. The lowest BCUT2D eigenvalue weighted by Crippen LogP contribution is -2.35. The van der Waals surface area contributed by atoms with Gasteiger partial charge in [-0.05, 0) is 43.4 Å². The van der Waals surface area contributed by atoms with Crippen molar-refractivity contribution in [2.24, 2.45) is 11.7 Å². The van der Waals surface area contributed by atoms with Crippen LogP contribution in [0.25, 0.3) is 0 Å². The Hall–Kier alpha value is -3.31. The van der Waals surface area contributed by atoms with Gasteiger partial charge in [0.05, 0.1) is 39.9 Å². The molecule has 37 heavy (non-hydrogen) atoms. The summed E-state index contributed by atoms with van der Waals surface area (Å²) in [5.74, 6) is 3.40. The van der Waals surface area contributed by atoms with Gasteiger partial charge >= 0.3 is 0 Å². The predicted molar refractivity (Wildman–Crippen MR) is 142 cm³/mol. The molecule has 0 spiro atoms. The van der Waals surface area contributed by atoms with Crippen molar-refractivity contribution in [2.75, 3.05) is 28.4 Å². The summed E-state index contributed by atoms with van der Waals surface area (Å²) in [7, 11) is 6.26. The van der Waals surface area contributed by atoms with Gasteiger partial charge in [-0.3, -0.25) is 0 Å². The van der Waals surface area contributed by atoms with Crippen molar-refractivity contribution >= 4 is 0 Å². The van der Waals surface area contributed by atoms with E-state index < -0.39 is 11.7 Å². The maximum Gasteiger partial charge on any atom is 0.243 e. The quantitative estimate of drug-likeness (QED) is 0.349. The molecular formula is C29H40N2O6. The first-order valence-corrected chi connectivity index (χ1v) is 12.9. The summed E-state index contributed by atoms with van der Waals surface area (Å²) in [5.41, 5.74) is 6.41. The maximum absolute atomic E-state index is 10.7. The van der Waals surface area contributed by atoms with E-state index in [0.29, 0.717) is 35.8 Å². The Labute approximate surface area is 220 Å². The molecule has 0 amide bonds. The zero-order valence-corrected chi connectivity index (χ0v) is 22.8. The maximum atomic E-state index is 10.7. The van der Waals surface area contributed by atoms with Crippen LogP contribution in [0.3, 0.4) is 0 Å². The Balaban J connectivity index is 1.86. The average Bonchev–Trinajstić information content (AvgIpc) is 3.33. The van der Waals surface area contributed by atoms with Crippen LogP contribution in [0.4, 0.5) is 0 Å². The van der Waals surface area contributed by atoms with Gasteiger partial charge in [0.15, 0.2) is 23.0 Å². The number of para-hydroxylation sites is 2. The lowest BCUT2D eigenvalue weighted by Gasteiger charge is -2.37. The van der Waals surface area contributed by atoms with Gasteiger partial charge in [-0.1, -0.05) is 38.8 Å². The van der Waals surface area contributed by atoms with Gasteiger partial charge in [0, 0.05) is 18.0 Å². The molecule has 2 atom stereocenters. The van der Waals surface area contributed by atoms with Crippen LogP contribution in [0.2, 0.25) is 0 Å². The number of benzene rings is 2. The summed E-state index contributed by atoms with van der Waals surface area (Å²) < 4.78 is 34.5. The second-order valence-electron chi connectivity index (χ2n) is 9.32. The monoisotopic (exact) mass is 512 g/mol. The third kappa shape index (κ3) is 5.67. The van der Waals surface area contributed by atoms with E-state index in [1.165, 1.54) is 0 Å². The average molecular weight is 513 g/mol. The van der Waals surface area contributed by atoms with Crippen molar-refractivity contribution in [3.05, 3.63) is 35.9 Å². The number of nitriles is 1. The van der Waals surface area contributed by atoms with Crippen LogP contribution in [-0.2, 0) is 5.41 Å². The third-order valence-corrected chi connectivity index (χ3v) is 7.36. The van der Waals surface area contributed by atoms with E-state index in [-0.39, 0.29) is 12.0 Å². The highest BCUT2D eigenvalue weighted by atomic mass is 16.7. The summed E-state index contributed by atoms with van der Waals surface area (Å²) in [6.07, 6.45) is 3.89. The van der Waals surface area contributed by atoms with E-state index in [1.54, 1.807) is 28.4 Å². The van der Waals surface area contributed by atoms with Crippen molar-refractivity contribution in [3.8, 4) is 40.6 Å². The van der Waals surface area contributed by atoms with Gasteiger partial charge in [0.2, 0.25) is 17.8 Å². The number of fused-ring (bicyclic) bond motifs is 1. The van der Waals surface area contributed by atoms with Gasteiger partial charge < -0.3 is 34.2 Å². The number of hydrogen-bond donors (Lipinski definition) is 1. The van der Waals surface area contributed by atoms with E-state index >= 15 is 0 Å². The topological polar surface area (TPSA) is 105 Å². The molecule has 0 fully saturated rings. The summed E-state index contributed by atoms with van der Waals surface area (Å²) in [4.78, 5) is 0. The molecule has 3 rings (SSSR count). The fourth-order valence-corrected chi connectivity index (χ4v) is 5.47. The first kappa shape index (κ1) is 28.3. The van der Waals surface area contributed by atoms with Crippen LogP contribution >= 0.6 is 0 Å². The zero-order chi connectivity index (χ0) is 27.0. The Morgan fingerprint density at radius 3 is 2.03 bits per heavy atom. The molecule has 8 heteroatoms. The van der Waals surface area contributed by atoms with Gasteiger partial charge in [-0.15, -0.1) is 0 Å². The smallest absolute Gasteiger partial charge is 0.243 e. The summed E-state index contributed by atoms with van der Waals surface area (Å²) in [5, 5.41) is 10.7. The lowest BCUT2D eigenvalue weighted by molar-refractivity contribution is 0.0349. The SMILES string of the molecule is CCC(CC)C(C#N)(CCCC(N)CC1Oc2ccccc2O1)c1cc(OC)c(OC)c(OC)c1OC. The second-order valence-corrected chi connectivity index (χ2v) is 9.32. The van der Waals surface area contributed by atoms with Gasteiger partial charge in [0.25, 0.3) is 0 Å². The Kier molecular flexibility index (Phi) is 9.76. The number of nitrogens with zero attached hydrogens (tertiary/aromatic N) is 1. The second kappa shape index (κ2) is 12.8. The lowest BCUT2D eigenvalue weighted by atomic mass is 9.65. The molecule has 1 heterocycles. The molecule has 8 nitrogen and oxygen atoms in total. The standard InChI is InChI=1S/C29H40N2O6/c1-7-19(8-2)29(18-30,21-17-24(32-3)27(34-5)28(35-6)26(21)33-4)15-11-12-20(31)16-25-36-22-13-9-10-14-23(22)37-25/h9-10,13-14,17,19-20,25H,7-8,11-12,15-16,31H2,1-6H3. The van der Waals surface area contributed by atoms with Crippen LogP contribution in [0, 0.1) is 17.2 Å².